The third-order valence-electron chi connectivity index (χ3n) is 4.28. The van der Waals surface area contributed by atoms with Crippen molar-refractivity contribution in [3.05, 3.63) is 36.4 Å². The van der Waals surface area contributed by atoms with E-state index >= 15 is 0 Å². The predicted molar refractivity (Wildman–Crippen MR) is 91.0 cm³/mol. The second-order valence-electron chi connectivity index (χ2n) is 6.02. The van der Waals surface area contributed by atoms with Gasteiger partial charge in [-0.2, -0.15) is 0 Å². The maximum atomic E-state index is 12.5. The van der Waals surface area contributed by atoms with Crippen molar-refractivity contribution in [1.29, 1.82) is 0 Å². The number of nitrogens with one attached hydrogen (secondary N) is 1. The van der Waals surface area contributed by atoms with Crippen molar-refractivity contribution in [1.82, 2.24) is 19.7 Å². The molecule has 128 valence electrons. The molecule has 0 spiro atoms. The summed E-state index contributed by atoms with van der Waals surface area (Å²) in [5, 5.41) is 11.0. The Kier molecular flexibility index (Phi) is 4.98. The highest BCUT2D eigenvalue weighted by atomic mass is 16.5. The summed E-state index contributed by atoms with van der Waals surface area (Å²) in [5.74, 6) is 2.08. The molecule has 1 atom stereocenters. The molecule has 0 radical (unpaired) electrons. The van der Waals surface area contributed by atoms with Crippen molar-refractivity contribution in [3.8, 4) is 5.75 Å². The minimum absolute atomic E-state index is 0.0809. The van der Waals surface area contributed by atoms with Crippen molar-refractivity contribution >= 4 is 11.7 Å². The molecule has 7 nitrogen and oxygen atoms in total. The van der Waals surface area contributed by atoms with Crippen LogP contribution >= 0.6 is 0 Å². The van der Waals surface area contributed by atoms with Crippen LogP contribution in [0.4, 0.5) is 10.5 Å². The first-order chi connectivity index (χ1) is 11.7. The number of urea groups is 1. The highest BCUT2D eigenvalue weighted by Gasteiger charge is 2.27. The minimum atomic E-state index is -0.0809. The number of hydrogen-bond acceptors (Lipinski definition) is 4. The maximum absolute atomic E-state index is 12.5. The standard InChI is InChI=1S/C17H23N5O2/c1-3-24-15-7-5-4-6-14(15)19-17(23)22-9-8-13(11-22)10-16-20-18-12-21(16)2/h4-7,12-13H,3,8-11H2,1-2H3,(H,19,23). The number of aryl methyl sites for hydroxylation is 1. The molecule has 1 N–H and O–H groups in total. The molecule has 1 aromatic heterocycles. The number of anilines is 1. The normalized spacial score (nSPS) is 17.1. The molecule has 3 rings (SSSR count). The summed E-state index contributed by atoms with van der Waals surface area (Å²) in [6.07, 6.45) is 3.53. The van der Waals surface area contributed by atoms with Crippen LogP contribution in [0.2, 0.25) is 0 Å². The van der Waals surface area contributed by atoms with E-state index in [9.17, 15) is 4.79 Å². The highest BCUT2D eigenvalue weighted by Crippen LogP contribution is 2.25. The van der Waals surface area contributed by atoms with Crippen LogP contribution in [0, 0.1) is 5.92 Å². The Labute approximate surface area is 141 Å². The smallest absolute Gasteiger partial charge is 0.321 e. The van der Waals surface area contributed by atoms with Crippen LogP contribution in [-0.4, -0.2) is 45.4 Å². The van der Waals surface area contributed by atoms with Crippen LogP contribution in [0.25, 0.3) is 0 Å². The summed E-state index contributed by atoms with van der Waals surface area (Å²) in [7, 11) is 1.94. The van der Waals surface area contributed by atoms with Crippen molar-refractivity contribution in [2.24, 2.45) is 13.0 Å². The Hall–Kier alpha value is -2.57. The highest BCUT2D eigenvalue weighted by molar-refractivity contribution is 5.91. The zero-order chi connectivity index (χ0) is 16.9. The van der Waals surface area contributed by atoms with Gasteiger partial charge in [0.2, 0.25) is 0 Å². The predicted octanol–water partition coefficient (Wildman–Crippen LogP) is 2.31. The van der Waals surface area contributed by atoms with E-state index < -0.39 is 0 Å². The average molecular weight is 329 g/mol. The van der Waals surface area contributed by atoms with Crippen LogP contribution in [-0.2, 0) is 13.5 Å². The lowest BCUT2D eigenvalue weighted by atomic mass is 10.0. The maximum Gasteiger partial charge on any atom is 0.321 e. The van der Waals surface area contributed by atoms with Crippen molar-refractivity contribution < 1.29 is 9.53 Å². The molecule has 1 unspecified atom stereocenters. The molecule has 7 heteroatoms. The minimum Gasteiger partial charge on any atom is -0.492 e. The number of para-hydroxylation sites is 2. The van der Waals surface area contributed by atoms with Crippen LogP contribution < -0.4 is 10.1 Å². The molecule has 0 saturated carbocycles. The Morgan fingerprint density at radius 1 is 1.42 bits per heavy atom. The number of amides is 2. The summed E-state index contributed by atoms with van der Waals surface area (Å²) in [4.78, 5) is 14.4. The number of benzene rings is 1. The molecule has 2 aromatic rings. The molecule has 24 heavy (non-hydrogen) atoms. The van der Waals surface area contributed by atoms with E-state index in [2.05, 4.69) is 15.5 Å². The van der Waals surface area contributed by atoms with Gasteiger partial charge in [0.05, 0.1) is 12.3 Å². The van der Waals surface area contributed by atoms with Gasteiger partial charge in [0.15, 0.2) is 0 Å². The molecule has 2 amide bonds. The fourth-order valence-electron chi connectivity index (χ4n) is 2.98. The summed E-state index contributed by atoms with van der Waals surface area (Å²) < 4.78 is 7.49. The Balaban J connectivity index is 1.58. The molecular weight excluding hydrogens is 306 g/mol. The lowest BCUT2D eigenvalue weighted by Crippen LogP contribution is -2.33. The average Bonchev–Trinajstić information content (AvgIpc) is 3.20. The first-order valence-corrected chi connectivity index (χ1v) is 8.28. The van der Waals surface area contributed by atoms with Gasteiger partial charge in [0.1, 0.15) is 17.9 Å². The molecule has 0 aliphatic carbocycles. The van der Waals surface area contributed by atoms with Gasteiger partial charge in [-0.3, -0.25) is 0 Å². The summed E-state index contributed by atoms with van der Waals surface area (Å²) in [6.45, 7) is 3.98. The molecule has 1 aliphatic heterocycles. The number of likely N-dealkylation sites (tertiary alicyclic amines) is 1. The Morgan fingerprint density at radius 2 is 2.25 bits per heavy atom. The van der Waals surface area contributed by atoms with Gasteiger partial charge < -0.3 is 19.5 Å². The molecule has 0 bridgehead atoms. The van der Waals surface area contributed by atoms with Crippen LogP contribution in [0.15, 0.2) is 30.6 Å². The van der Waals surface area contributed by atoms with Crippen molar-refractivity contribution in [2.45, 2.75) is 19.8 Å². The van der Waals surface area contributed by atoms with Crippen LogP contribution in [0.1, 0.15) is 19.2 Å². The van der Waals surface area contributed by atoms with Crippen molar-refractivity contribution in [2.75, 3.05) is 25.0 Å². The fraction of sp³-hybridized carbons (Fsp3) is 0.471. The van der Waals surface area contributed by atoms with E-state index in [0.717, 1.165) is 31.8 Å². The van der Waals surface area contributed by atoms with E-state index in [1.54, 1.807) is 6.33 Å². The topological polar surface area (TPSA) is 72.3 Å². The number of aromatic nitrogens is 3. The summed E-state index contributed by atoms with van der Waals surface area (Å²) >= 11 is 0. The first-order valence-electron chi connectivity index (χ1n) is 8.28. The third-order valence-corrected chi connectivity index (χ3v) is 4.28. The van der Waals surface area contributed by atoms with E-state index in [0.29, 0.717) is 24.0 Å². The van der Waals surface area contributed by atoms with E-state index in [1.165, 1.54) is 0 Å². The Morgan fingerprint density at radius 3 is 3.00 bits per heavy atom. The van der Waals surface area contributed by atoms with E-state index in [-0.39, 0.29) is 6.03 Å². The van der Waals surface area contributed by atoms with Gasteiger partial charge >= 0.3 is 6.03 Å². The van der Waals surface area contributed by atoms with Gasteiger partial charge in [-0.15, -0.1) is 10.2 Å². The molecular formula is C17H23N5O2. The molecule has 1 fully saturated rings. The molecule has 1 aliphatic rings. The number of carbonyl (C=O) groups excluding carboxylic acids is 1. The quantitative estimate of drug-likeness (QED) is 0.914. The fourth-order valence-corrected chi connectivity index (χ4v) is 2.98. The monoisotopic (exact) mass is 329 g/mol. The zero-order valence-corrected chi connectivity index (χ0v) is 14.1. The largest absolute Gasteiger partial charge is 0.492 e. The number of ether oxygens (including phenoxy) is 1. The number of hydrogen-bond donors (Lipinski definition) is 1. The molecule has 2 heterocycles. The Bertz CT molecular complexity index is 700. The summed E-state index contributed by atoms with van der Waals surface area (Å²) in [6, 6.07) is 7.42. The van der Waals surface area contributed by atoms with Gasteiger partial charge in [0, 0.05) is 26.6 Å². The van der Waals surface area contributed by atoms with E-state index in [4.69, 9.17) is 4.74 Å². The zero-order valence-electron chi connectivity index (χ0n) is 14.1. The SMILES string of the molecule is CCOc1ccccc1NC(=O)N1CCC(Cc2nncn2C)C1. The van der Waals surface area contributed by atoms with E-state index in [1.807, 2.05) is 47.7 Å². The van der Waals surface area contributed by atoms with Gasteiger partial charge in [-0.05, 0) is 31.4 Å². The summed E-state index contributed by atoms with van der Waals surface area (Å²) in [5.41, 5.74) is 0.709. The van der Waals surface area contributed by atoms with Gasteiger partial charge in [-0.1, -0.05) is 12.1 Å². The lowest BCUT2D eigenvalue weighted by Gasteiger charge is -2.18. The van der Waals surface area contributed by atoms with Gasteiger partial charge in [0.25, 0.3) is 0 Å². The number of rotatable bonds is 5. The first kappa shape index (κ1) is 16.3. The molecule has 1 aromatic carbocycles. The number of nitrogens with zero attached hydrogens (tertiary/aromatic N) is 4. The van der Waals surface area contributed by atoms with Gasteiger partial charge in [-0.25, -0.2) is 4.79 Å². The molecule has 1 saturated heterocycles. The third kappa shape index (κ3) is 3.67. The van der Waals surface area contributed by atoms with Crippen LogP contribution in [0.3, 0.4) is 0 Å². The lowest BCUT2D eigenvalue weighted by molar-refractivity contribution is 0.220. The van der Waals surface area contributed by atoms with Crippen LogP contribution in [0.5, 0.6) is 5.75 Å². The number of carbonyl (C=O) groups is 1. The second kappa shape index (κ2) is 7.33. The second-order valence-corrected chi connectivity index (χ2v) is 6.02. The van der Waals surface area contributed by atoms with Crippen molar-refractivity contribution in [3.63, 3.8) is 0 Å².